The van der Waals surface area contributed by atoms with Gasteiger partial charge in [-0.25, -0.2) is 0 Å². The van der Waals surface area contributed by atoms with Crippen LogP contribution in [0, 0.1) is 0 Å². The molecule has 1 nitrogen and oxygen atoms in total. The van der Waals surface area contributed by atoms with Crippen molar-refractivity contribution in [3.05, 3.63) is 41.6 Å². The molecule has 0 aliphatic carbocycles. The highest BCUT2D eigenvalue weighted by Crippen LogP contribution is 2.21. The summed E-state index contributed by atoms with van der Waals surface area (Å²) in [6, 6.07) is 4.31. The molecule has 0 unspecified atom stereocenters. The lowest BCUT2D eigenvalue weighted by atomic mass is 10.4. The van der Waals surface area contributed by atoms with E-state index in [4.69, 9.17) is 0 Å². The maximum absolute atomic E-state index is 3.45. The summed E-state index contributed by atoms with van der Waals surface area (Å²) in [6.07, 6.45) is 0. The molecular weight excluding hydrogens is 358 g/mol. The number of hydrogen-bond donors (Lipinski definition) is 1. The summed E-state index contributed by atoms with van der Waals surface area (Å²) >= 11 is 10.5. The van der Waals surface area contributed by atoms with E-state index in [1.165, 1.54) is 18.7 Å². The minimum Gasteiger partial charge on any atom is -0.307 e. The van der Waals surface area contributed by atoms with E-state index in [9.17, 15) is 0 Å². The van der Waals surface area contributed by atoms with Crippen molar-refractivity contribution in [1.82, 2.24) is 5.32 Å². The van der Waals surface area contributed by atoms with Gasteiger partial charge in [-0.1, -0.05) is 0 Å². The highest BCUT2D eigenvalue weighted by atomic mass is 79.9. The first-order chi connectivity index (χ1) is 7.24. The van der Waals surface area contributed by atoms with Crippen molar-refractivity contribution >= 4 is 54.5 Å². The Morgan fingerprint density at radius 3 is 1.73 bits per heavy atom. The molecule has 0 aliphatic rings. The van der Waals surface area contributed by atoms with E-state index < -0.39 is 0 Å². The number of nitrogens with one attached hydrogen (secondary N) is 1. The van der Waals surface area contributed by atoms with Gasteiger partial charge in [0.25, 0.3) is 0 Å². The molecule has 2 aromatic rings. The van der Waals surface area contributed by atoms with E-state index in [2.05, 4.69) is 60.1 Å². The van der Waals surface area contributed by atoms with Gasteiger partial charge in [-0.05, 0) is 44.0 Å². The third-order valence-electron chi connectivity index (χ3n) is 1.84. The predicted octanol–water partition coefficient (Wildman–Crippen LogP) is 4.62. The average Bonchev–Trinajstić information content (AvgIpc) is 2.76. The van der Waals surface area contributed by atoms with Crippen molar-refractivity contribution in [2.75, 3.05) is 0 Å². The van der Waals surface area contributed by atoms with Crippen molar-refractivity contribution in [1.29, 1.82) is 0 Å². The topological polar surface area (TPSA) is 12.0 Å². The highest BCUT2D eigenvalue weighted by Gasteiger charge is 1.99. The lowest BCUT2D eigenvalue weighted by Gasteiger charge is -1.99. The van der Waals surface area contributed by atoms with E-state index in [1.54, 1.807) is 22.7 Å². The zero-order valence-corrected chi connectivity index (χ0v) is 12.6. The zero-order chi connectivity index (χ0) is 10.7. The summed E-state index contributed by atoms with van der Waals surface area (Å²) < 4.78 is 2.34. The third kappa shape index (κ3) is 3.67. The molecule has 0 saturated heterocycles. The molecule has 0 aromatic carbocycles. The Morgan fingerprint density at radius 1 is 0.933 bits per heavy atom. The molecule has 0 aliphatic heterocycles. The average molecular weight is 367 g/mol. The second-order valence-electron chi connectivity index (χ2n) is 3.07. The van der Waals surface area contributed by atoms with Gasteiger partial charge in [0.05, 0.1) is 0 Å². The molecular formula is C10H9Br2NS2. The van der Waals surface area contributed by atoms with Gasteiger partial charge < -0.3 is 5.32 Å². The van der Waals surface area contributed by atoms with Gasteiger partial charge in [-0.2, -0.15) is 0 Å². The Morgan fingerprint density at radius 2 is 1.40 bits per heavy atom. The molecule has 0 bridgehead atoms. The van der Waals surface area contributed by atoms with Crippen molar-refractivity contribution in [3.63, 3.8) is 0 Å². The van der Waals surface area contributed by atoms with Crippen molar-refractivity contribution in [3.8, 4) is 0 Å². The molecule has 0 spiro atoms. The van der Waals surface area contributed by atoms with Crippen LogP contribution in [0.2, 0.25) is 0 Å². The summed E-state index contributed by atoms with van der Waals surface area (Å²) in [7, 11) is 0. The Bertz CT molecular complexity index is 396. The first-order valence-electron chi connectivity index (χ1n) is 4.40. The van der Waals surface area contributed by atoms with Crippen LogP contribution in [0.3, 0.4) is 0 Å². The normalized spacial score (nSPS) is 10.8. The molecule has 5 heteroatoms. The fourth-order valence-corrected chi connectivity index (χ4v) is 4.04. The Hall–Kier alpha value is 0.320. The maximum Gasteiger partial charge on any atom is 0.0303 e. The summed E-state index contributed by atoms with van der Waals surface area (Å²) in [5, 5.41) is 7.64. The molecule has 0 atom stereocenters. The Labute approximate surface area is 114 Å². The maximum atomic E-state index is 3.45. The fraction of sp³-hybridized carbons (Fsp3) is 0.200. The van der Waals surface area contributed by atoms with Crippen LogP contribution in [-0.4, -0.2) is 0 Å². The highest BCUT2D eigenvalue weighted by molar-refractivity contribution is 9.10. The third-order valence-corrected chi connectivity index (χ3v) is 5.24. The summed E-state index contributed by atoms with van der Waals surface area (Å²) in [6.45, 7) is 1.87. The van der Waals surface area contributed by atoms with Gasteiger partial charge in [-0.15, -0.1) is 22.7 Å². The molecule has 2 rings (SSSR count). The van der Waals surface area contributed by atoms with Gasteiger partial charge in [0.2, 0.25) is 0 Å². The van der Waals surface area contributed by atoms with E-state index in [0.717, 1.165) is 13.1 Å². The first-order valence-corrected chi connectivity index (χ1v) is 7.75. The van der Waals surface area contributed by atoms with Crippen molar-refractivity contribution in [2.45, 2.75) is 13.1 Å². The van der Waals surface area contributed by atoms with Gasteiger partial charge >= 0.3 is 0 Å². The Kier molecular flexibility index (Phi) is 4.40. The standard InChI is InChI=1S/C10H9Br2NS2/c11-7-1-9(14-5-7)3-13-4-10-2-8(12)6-15-10/h1-2,5-6,13H,3-4H2. The SMILES string of the molecule is Brc1csc(CNCc2cc(Br)cs2)c1. The minimum absolute atomic E-state index is 0.936. The molecule has 0 amide bonds. The molecule has 0 fully saturated rings. The number of rotatable bonds is 4. The van der Waals surface area contributed by atoms with E-state index >= 15 is 0 Å². The molecule has 0 radical (unpaired) electrons. The predicted molar refractivity (Wildman–Crippen MR) is 74.6 cm³/mol. The lowest BCUT2D eigenvalue weighted by molar-refractivity contribution is 0.708. The van der Waals surface area contributed by atoms with Crippen LogP contribution in [0.15, 0.2) is 31.8 Å². The largest absolute Gasteiger partial charge is 0.307 e. The van der Waals surface area contributed by atoms with Crippen LogP contribution >= 0.6 is 54.5 Å². The first kappa shape index (κ1) is 11.8. The van der Waals surface area contributed by atoms with Crippen LogP contribution in [0.25, 0.3) is 0 Å². The molecule has 2 aromatic heterocycles. The fourth-order valence-electron chi connectivity index (χ4n) is 1.20. The quantitative estimate of drug-likeness (QED) is 0.832. The molecule has 0 saturated carbocycles. The van der Waals surface area contributed by atoms with Crippen LogP contribution < -0.4 is 5.32 Å². The van der Waals surface area contributed by atoms with Gasteiger partial charge in [0.1, 0.15) is 0 Å². The van der Waals surface area contributed by atoms with E-state index in [0.29, 0.717) is 0 Å². The minimum atomic E-state index is 0.936. The van der Waals surface area contributed by atoms with E-state index in [-0.39, 0.29) is 0 Å². The number of thiophene rings is 2. The van der Waals surface area contributed by atoms with Crippen molar-refractivity contribution in [2.24, 2.45) is 0 Å². The van der Waals surface area contributed by atoms with Crippen LogP contribution in [-0.2, 0) is 13.1 Å². The van der Waals surface area contributed by atoms with Crippen LogP contribution in [0.4, 0.5) is 0 Å². The molecule has 2 heterocycles. The molecule has 80 valence electrons. The number of hydrogen-bond acceptors (Lipinski definition) is 3. The summed E-state index contributed by atoms with van der Waals surface area (Å²) in [5.41, 5.74) is 0. The second kappa shape index (κ2) is 5.59. The van der Waals surface area contributed by atoms with Crippen molar-refractivity contribution < 1.29 is 0 Å². The van der Waals surface area contributed by atoms with Gasteiger partial charge in [0, 0.05) is 42.5 Å². The van der Waals surface area contributed by atoms with Gasteiger partial charge in [0.15, 0.2) is 0 Å². The zero-order valence-electron chi connectivity index (χ0n) is 7.80. The van der Waals surface area contributed by atoms with E-state index in [1.807, 2.05) is 0 Å². The monoisotopic (exact) mass is 365 g/mol. The van der Waals surface area contributed by atoms with Crippen LogP contribution in [0.1, 0.15) is 9.75 Å². The van der Waals surface area contributed by atoms with Crippen LogP contribution in [0.5, 0.6) is 0 Å². The summed E-state index contributed by atoms with van der Waals surface area (Å²) in [5.74, 6) is 0. The molecule has 1 N–H and O–H groups in total. The smallest absolute Gasteiger partial charge is 0.0303 e. The van der Waals surface area contributed by atoms with Gasteiger partial charge in [-0.3, -0.25) is 0 Å². The second-order valence-corrected chi connectivity index (χ2v) is 6.89. The summed E-state index contributed by atoms with van der Waals surface area (Å²) in [4.78, 5) is 2.72. The lowest BCUT2D eigenvalue weighted by Crippen LogP contribution is -2.10. The molecule has 15 heavy (non-hydrogen) atoms. The Balaban J connectivity index is 1.80. The number of halogens is 2.